The Bertz CT molecular complexity index is 706. The van der Waals surface area contributed by atoms with Crippen LogP contribution in [0.5, 0.6) is 5.75 Å². The minimum Gasteiger partial charge on any atom is -0.484 e. The minimum atomic E-state index is -0.285. The number of hydrogen-bond acceptors (Lipinski definition) is 4. The van der Waals surface area contributed by atoms with Gasteiger partial charge in [0, 0.05) is 14.2 Å². The third-order valence-corrected chi connectivity index (χ3v) is 5.87. The molecule has 4 nitrogen and oxygen atoms in total. The van der Waals surface area contributed by atoms with Crippen molar-refractivity contribution in [2.45, 2.75) is 39.5 Å². The van der Waals surface area contributed by atoms with Crippen molar-refractivity contribution in [2.24, 2.45) is 5.10 Å². The average Bonchev–Trinajstić information content (AvgIpc) is 2.91. The third-order valence-electron chi connectivity index (χ3n) is 3.80. The van der Waals surface area contributed by atoms with E-state index in [1.54, 1.807) is 17.6 Å². The smallest absolute Gasteiger partial charge is 0.277 e. The van der Waals surface area contributed by atoms with Gasteiger partial charge in [0.25, 0.3) is 5.91 Å². The highest BCUT2D eigenvalue weighted by Gasteiger charge is 2.06. The summed E-state index contributed by atoms with van der Waals surface area (Å²) in [6.45, 7) is 6.37. The Balaban J connectivity index is 1.77. The van der Waals surface area contributed by atoms with Gasteiger partial charge >= 0.3 is 0 Å². The van der Waals surface area contributed by atoms with E-state index in [0.29, 0.717) is 11.7 Å². The summed E-state index contributed by atoms with van der Waals surface area (Å²) in [5.74, 6) is 0.939. The van der Waals surface area contributed by atoms with Crippen LogP contribution in [0.3, 0.4) is 0 Å². The van der Waals surface area contributed by atoms with E-state index in [0.717, 1.165) is 9.35 Å². The van der Waals surface area contributed by atoms with E-state index >= 15 is 0 Å². The Hall–Kier alpha value is -1.66. The summed E-state index contributed by atoms with van der Waals surface area (Å²) in [6, 6.07) is 9.90. The van der Waals surface area contributed by atoms with Crippen LogP contribution in [0.2, 0.25) is 0 Å². The third kappa shape index (κ3) is 6.29. The highest BCUT2D eigenvalue weighted by atomic mass is 79.9. The monoisotopic (exact) mass is 422 g/mol. The molecular formula is C19H23BrN2O2S. The van der Waals surface area contributed by atoms with Gasteiger partial charge < -0.3 is 4.74 Å². The zero-order valence-corrected chi connectivity index (χ0v) is 17.1. The van der Waals surface area contributed by atoms with Crippen LogP contribution in [0, 0.1) is 6.92 Å². The van der Waals surface area contributed by atoms with Crippen molar-refractivity contribution in [1.29, 1.82) is 0 Å². The number of carbonyl (C=O) groups is 1. The van der Waals surface area contributed by atoms with Crippen molar-refractivity contribution >= 4 is 39.4 Å². The van der Waals surface area contributed by atoms with Gasteiger partial charge in [-0.2, -0.15) is 5.10 Å². The number of nitrogens with zero attached hydrogens (tertiary/aromatic N) is 1. The van der Waals surface area contributed by atoms with Crippen molar-refractivity contribution in [3.8, 4) is 5.75 Å². The molecule has 0 saturated carbocycles. The number of nitrogens with one attached hydrogen (secondary N) is 1. The number of halogens is 1. The zero-order chi connectivity index (χ0) is 18.2. The summed E-state index contributed by atoms with van der Waals surface area (Å²) in [6.07, 6.45) is 3.97. The second-order valence-corrected chi connectivity index (χ2v) is 8.04. The van der Waals surface area contributed by atoms with Crippen molar-refractivity contribution in [3.05, 3.63) is 50.1 Å². The van der Waals surface area contributed by atoms with Gasteiger partial charge in [0.05, 0.1) is 6.21 Å². The average molecular weight is 423 g/mol. The number of benzene rings is 1. The maximum Gasteiger partial charge on any atom is 0.277 e. The highest BCUT2D eigenvalue weighted by Crippen LogP contribution is 2.25. The fraction of sp³-hybridized carbons (Fsp3) is 0.368. The lowest BCUT2D eigenvalue weighted by atomic mass is 9.97. The molecule has 1 N–H and O–H groups in total. The fourth-order valence-electron chi connectivity index (χ4n) is 2.39. The molecule has 0 saturated heterocycles. The first-order valence-electron chi connectivity index (χ1n) is 8.30. The molecule has 0 aliphatic rings. The Morgan fingerprint density at radius 1 is 1.40 bits per heavy atom. The number of thiophene rings is 1. The molecule has 1 aromatic heterocycles. The lowest BCUT2D eigenvalue weighted by Crippen LogP contribution is -2.24. The molecule has 1 atom stereocenters. The second-order valence-electron chi connectivity index (χ2n) is 5.89. The number of amides is 1. The van der Waals surface area contributed by atoms with E-state index in [4.69, 9.17) is 4.74 Å². The van der Waals surface area contributed by atoms with E-state index in [1.165, 1.54) is 23.3 Å². The summed E-state index contributed by atoms with van der Waals surface area (Å²) < 4.78 is 6.54. The largest absolute Gasteiger partial charge is 0.484 e. The number of rotatable bonds is 8. The van der Waals surface area contributed by atoms with Gasteiger partial charge in [-0.05, 0) is 59.0 Å². The van der Waals surface area contributed by atoms with Gasteiger partial charge in [0.1, 0.15) is 5.75 Å². The lowest BCUT2D eigenvalue weighted by molar-refractivity contribution is -0.123. The molecule has 0 bridgehead atoms. The fourth-order valence-corrected chi connectivity index (χ4v) is 3.82. The first-order chi connectivity index (χ1) is 12.0. The molecule has 1 amide bonds. The van der Waals surface area contributed by atoms with Crippen molar-refractivity contribution in [3.63, 3.8) is 0 Å². The minimum absolute atomic E-state index is 0.0611. The maximum absolute atomic E-state index is 11.8. The molecule has 0 aliphatic heterocycles. The topological polar surface area (TPSA) is 50.7 Å². The van der Waals surface area contributed by atoms with Crippen LogP contribution >= 0.6 is 27.3 Å². The summed E-state index contributed by atoms with van der Waals surface area (Å²) in [5.41, 5.74) is 3.77. The van der Waals surface area contributed by atoms with E-state index in [-0.39, 0.29) is 12.5 Å². The Morgan fingerprint density at radius 2 is 2.12 bits per heavy atom. The van der Waals surface area contributed by atoms with Gasteiger partial charge in [-0.25, -0.2) is 5.43 Å². The number of hydrazone groups is 1. The van der Waals surface area contributed by atoms with E-state index in [1.807, 2.05) is 25.1 Å². The molecule has 0 spiro atoms. The molecule has 1 aromatic carbocycles. The number of ether oxygens (including phenoxy) is 1. The molecule has 0 unspecified atom stereocenters. The molecule has 0 fully saturated rings. The van der Waals surface area contributed by atoms with Crippen LogP contribution in [0.1, 0.15) is 47.9 Å². The molecular weight excluding hydrogens is 400 g/mol. The summed E-state index contributed by atoms with van der Waals surface area (Å²) in [7, 11) is 0. The van der Waals surface area contributed by atoms with Gasteiger partial charge in [-0.15, -0.1) is 11.3 Å². The number of hydrogen-bond donors (Lipinski definition) is 1. The molecule has 2 rings (SSSR count). The summed E-state index contributed by atoms with van der Waals surface area (Å²) >= 11 is 5.06. The SMILES string of the molecule is CCC[C@@H](C)c1ccc(OCC(=O)N/N=C\c2cc(Br)c(C)s2)cc1. The van der Waals surface area contributed by atoms with E-state index < -0.39 is 0 Å². The second kappa shape index (κ2) is 9.73. The molecule has 0 radical (unpaired) electrons. The first kappa shape index (κ1) is 19.7. The summed E-state index contributed by atoms with van der Waals surface area (Å²) in [5, 5.41) is 3.95. The standard InChI is InChI=1S/C19H23BrN2O2S/c1-4-5-13(2)15-6-8-16(9-7-15)24-12-19(23)22-21-11-17-10-18(20)14(3)25-17/h6-11,13H,4-5,12H2,1-3H3,(H,22,23)/b21-11-/t13-/m1/s1. The van der Waals surface area contributed by atoms with Crippen molar-refractivity contribution in [2.75, 3.05) is 6.61 Å². The van der Waals surface area contributed by atoms with Crippen molar-refractivity contribution < 1.29 is 9.53 Å². The molecule has 6 heteroatoms. The van der Waals surface area contributed by atoms with Gasteiger partial charge in [0.15, 0.2) is 6.61 Å². The van der Waals surface area contributed by atoms with Crippen LogP contribution in [0.25, 0.3) is 0 Å². The van der Waals surface area contributed by atoms with E-state index in [9.17, 15) is 4.79 Å². The molecule has 134 valence electrons. The Morgan fingerprint density at radius 3 is 2.72 bits per heavy atom. The van der Waals surface area contributed by atoms with Crippen LogP contribution in [-0.4, -0.2) is 18.7 Å². The zero-order valence-electron chi connectivity index (χ0n) is 14.7. The van der Waals surface area contributed by atoms with Crippen LogP contribution < -0.4 is 10.2 Å². The van der Waals surface area contributed by atoms with Crippen molar-refractivity contribution in [1.82, 2.24) is 5.43 Å². The van der Waals surface area contributed by atoms with Gasteiger partial charge in [-0.1, -0.05) is 32.4 Å². The molecule has 25 heavy (non-hydrogen) atoms. The summed E-state index contributed by atoms with van der Waals surface area (Å²) in [4.78, 5) is 13.9. The Labute approximate surface area is 161 Å². The normalized spacial score (nSPS) is 12.3. The van der Waals surface area contributed by atoms with Crippen LogP contribution in [-0.2, 0) is 4.79 Å². The predicted molar refractivity (Wildman–Crippen MR) is 108 cm³/mol. The molecule has 1 heterocycles. The number of carbonyl (C=O) groups excluding carboxylic acids is 1. The molecule has 2 aromatic rings. The Kier molecular flexibility index (Phi) is 7.65. The molecule has 0 aliphatic carbocycles. The number of aryl methyl sites for hydroxylation is 1. The van der Waals surface area contributed by atoms with Gasteiger partial charge in [-0.3, -0.25) is 4.79 Å². The highest BCUT2D eigenvalue weighted by molar-refractivity contribution is 9.10. The van der Waals surface area contributed by atoms with Crippen LogP contribution in [0.15, 0.2) is 39.9 Å². The predicted octanol–water partition coefficient (Wildman–Crippen LogP) is 5.25. The van der Waals surface area contributed by atoms with E-state index in [2.05, 4.69) is 52.4 Å². The maximum atomic E-state index is 11.8. The van der Waals surface area contributed by atoms with Gasteiger partial charge in [0.2, 0.25) is 0 Å². The van der Waals surface area contributed by atoms with Crippen LogP contribution in [0.4, 0.5) is 0 Å². The quantitative estimate of drug-likeness (QED) is 0.466. The first-order valence-corrected chi connectivity index (χ1v) is 9.91. The lowest BCUT2D eigenvalue weighted by Gasteiger charge is -2.11.